The van der Waals surface area contributed by atoms with Gasteiger partial charge in [0, 0.05) is 25.2 Å². The molecule has 0 aliphatic carbocycles. The largest absolute Gasteiger partial charge is 0.399 e. The van der Waals surface area contributed by atoms with E-state index in [9.17, 15) is 4.79 Å². The number of nitrogens with zero attached hydrogens (tertiary/aromatic N) is 1. The predicted octanol–water partition coefficient (Wildman–Crippen LogP) is 3.59. The lowest BCUT2D eigenvalue weighted by Gasteiger charge is -2.22. The fourth-order valence-electron chi connectivity index (χ4n) is 2.16. The molecule has 0 saturated heterocycles. The molecule has 0 radical (unpaired) electrons. The van der Waals surface area contributed by atoms with E-state index >= 15 is 0 Å². The average molecular weight is 262 g/mol. The zero-order valence-electron chi connectivity index (χ0n) is 12.2. The summed E-state index contributed by atoms with van der Waals surface area (Å²) in [4.78, 5) is 14.1. The minimum atomic E-state index is 0.262. The maximum atomic E-state index is 12.2. The van der Waals surface area contributed by atoms with Crippen molar-refractivity contribution in [1.29, 1.82) is 0 Å². The van der Waals surface area contributed by atoms with Gasteiger partial charge in [0.1, 0.15) is 0 Å². The van der Waals surface area contributed by atoms with Crippen LogP contribution in [0.15, 0.2) is 24.3 Å². The van der Waals surface area contributed by atoms with E-state index in [0.717, 1.165) is 43.5 Å². The van der Waals surface area contributed by atoms with E-state index in [1.807, 2.05) is 29.2 Å². The number of rotatable bonds is 8. The summed E-state index contributed by atoms with van der Waals surface area (Å²) >= 11 is 0. The molecule has 1 aromatic carbocycles. The molecule has 106 valence electrons. The Morgan fingerprint density at radius 2 is 2.00 bits per heavy atom. The molecule has 2 N–H and O–H groups in total. The van der Waals surface area contributed by atoms with Gasteiger partial charge in [-0.25, -0.2) is 0 Å². The number of nitrogens with two attached hydrogens (primary N) is 1. The fourth-order valence-corrected chi connectivity index (χ4v) is 2.16. The van der Waals surface area contributed by atoms with Gasteiger partial charge in [-0.3, -0.25) is 4.79 Å². The highest BCUT2D eigenvalue weighted by Gasteiger charge is 2.12. The third-order valence-electron chi connectivity index (χ3n) is 3.16. The summed E-state index contributed by atoms with van der Waals surface area (Å²) in [5, 5.41) is 0. The zero-order valence-corrected chi connectivity index (χ0v) is 12.2. The van der Waals surface area contributed by atoms with Gasteiger partial charge in [-0.05, 0) is 30.5 Å². The number of anilines is 1. The second-order valence-electron chi connectivity index (χ2n) is 5.02. The average Bonchev–Trinajstić information content (AvgIpc) is 2.38. The summed E-state index contributed by atoms with van der Waals surface area (Å²) in [6.45, 7) is 5.75. The Bertz CT molecular complexity index is 390. The van der Waals surface area contributed by atoms with Crippen molar-refractivity contribution in [3.05, 3.63) is 29.8 Å². The van der Waals surface area contributed by atoms with Gasteiger partial charge in [-0.15, -0.1) is 0 Å². The molecule has 0 saturated carbocycles. The van der Waals surface area contributed by atoms with Crippen LogP contribution in [0.2, 0.25) is 0 Å². The third kappa shape index (κ3) is 5.77. The van der Waals surface area contributed by atoms with E-state index in [1.54, 1.807) is 0 Å². The van der Waals surface area contributed by atoms with Gasteiger partial charge in [-0.1, -0.05) is 38.8 Å². The number of carbonyl (C=O) groups excluding carboxylic acids is 1. The Morgan fingerprint density at radius 3 is 2.63 bits per heavy atom. The van der Waals surface area contributed by atoms with Crippen LogP contribution in [0.3, 0.4) is 0 Å². The highest BCUT2D eigenvalue weighted by atomic mass is 16.2. The van der Waals surface area contributed by atoms with Crippen molar-refractivity contribution in [1.82, 2.24) is 4.90 Å². The molecule has 0 atom stereocenters. The number of amides is 1. The Labute approximate surface area is 116 Å². The molecular weight excluding hydrogens is 236 g/mol. The predicted molar refractivity (Wildman–Crippen MR) is 80.7 cm³/mol. The number of unbranched alkanes of at least 4 members (excludes halogenated alkanes) is 2. The molecule has 0 aromatic heterocycles. The van der Waals surface area contributed by atoms with Gasteiger partial charge in [0.05, 0.1) is 0 Å². The normalized spacial score (nSPS) is 10.4. The molecule has 3 nitrogen and oxygen atoms in total. The summed E-state index contributed by atoms with van der Waals surface area (Å²) in [6, 6.07) is 7.79. The third-order valence-corrected chi connectivity index (χ3v) is 3.16. The van der Waals surface area contributed by atoms with Crippen molar-refractivity contribution in [2.75, 3.05) is 12.3 Å². The van der Waals surface area contributed by atoms with E-state index < -0.39 is 0 Å². The summed E-state index contributed by atoms with van der Waals surface area (Å²) in [5.41, 5.74) is 7.64. The van der Waals surface area contributed by atoms with Crippen LogP contribution in [0.5, 0.6) is 0 Å². The van der Waals surface area contributed by atoms with Crippen LogP contribution in [-0.2, 0) is 11.3 Å². The highest BCUT2D eigenvalue weighted by Crippen LogP contribution is 2.12. The Hall–Kier alpha value is -1.51. The van der Waals surface area contributed by atoms with Crippen molar-refractivity contribution < 1.29 is 4.79 Å². The van der Waals surface area contributed by atoms with Crippen molar-refractivity contribution >= 4 is 11.6 Å². The van der Waals surface area contributed by atoms with Crippen LogP contribution in [0, 0.1) is 0 Å². The lowest BCUT2D eigenvalue weighted by Crippen LogP contribution is -2.31. The van der Waals surface area contributed by atoms with Crippen LogP contribution < -0.4 is 5.73 Å². The van der Waals surface area contributed by atoms with Crippen LogP contribution in [-0.4, -0.2) is 17.4 Å². The Morgan fingerprint density at radius 1 is 1.21 bits per heavy atom. The van der Waals surface area contributed by atoms with Gasteiger partial charge < -0.3 is 10.6 Å². The number of hydrogen-bond acceptors (Lipinski definition) is 2. The summed E-state index contributed by atoms with van der Waals surface area (Å²) < 4.78 is 0. The minimum Gasteiger partial charge on any atom is -0.399 e. The first kappa shape index (κ1) is 15.5. The SMILES string of the molecule is CCCCCC(=O)N(CCC)Cc1cccc(N)c1. The van der Waals surface area contributed by atoms with E-state index in [4.69, 9.17) is 5.73 Å². The van der Waals surface area contributed by atoms with Gasteiger partial charge >= 0.3 is 0 Å². The molecule has 1 rings (SSSR count). The maximum absolute atomic E-state index is 12.2. The van der Waals surface area contributed by atoms with Crippen molar-refractivity contribution in [3.8, 4) is 0 Å². The van der Waals surface area contributed by atoms with Gasteiger partial charge in [0.2, 0.25) is 5.91 Å². The van der Waals surface area contributed by atoms with Gasteiger partial charge in [0.15, 0.2) is 0 Å². The topological polar surface area (TPSA) is 46.3 Å². The second-order valence-corrected chi connectivity index (χ2v) is 5.02. The molecule has 0 spiro atoms. The van der Waals surface area contributed by atoms with Gasteiger partial charge in [0.25, 0.3) is 0 Å². The Balaban J connectivity index is 2.58. The molecule has 0 unspecified atom stereocenters. The Kier molecular flexibility index (Phi) is 7.01. The summed E-state index contributed by atoms with van der Waals surface area (Å²) in [6.07, 6.45) is 4.92. The molecule has 0 aliphatic heterocycles. The number of hydrogen-bond donors (Lipinski definition) is 1. The van der Waals surface area contributed by atoms with Crippen LogP contribution in [0.1, 0.15) is 51.5 Å². The minimum absolute atomic E-state index is 0.262. The van der Waals surface area contributed by atoms with Crippen LogP contribution >= 0.6 is 0 Å². The molecule has 1 aromatic rings. The van der Waals surface area contributed by atoms with Crippen molar-refractivity contribution in [3.63, 3.8) is 0 Å². The molecule has 0 aliphatic rings. The van der Waals surface area contributed by atoms with Crippen LogP contribution in [0.25, 0.3) is 0 Å². The highest BCUT2D eigenvalue weighted by molar-refractivity contribution is 5.76. The number of benzene rings is 1. The first-order chi connectivity index (χ1) is 9.17. The number of nitrogen functional groups attached to an aromatic ring is 1. The van der Waals surface area contributed by atoms with Gasteiger partial charge in [-0.2, -0.15) is 0 Å². The van der Waals surface area contributed by atoms with Crippen LogP contribution in [0.4, 0.5) is 5.69 Å². The quantitative estimate of drug-likeness (QED) is 0.575. The van der Waals surface area contributed by atoms with Crippen molar-refractivity contribution in [2.45, 2.75) is 52.5 Å². The second kappa shape index (κ2) is 8.57. The molecule has 1 amide bonds. The molecule has 0 fully saturated rings. The zero-order chi connectivity index (χ0) is 14.1. The smallest absolute Gasteiger partial charge is 0.222 e. The van der Waals surface area contributed by atoms with E-state index in [1.165, 1.54) is 0 Å². The lowest BCUT2D eigenvalue weighted by molar-refractivity contribution is -0.132. The first-order valence-corrected chi connectivity index (χ1v) is 7.29. The monoisotopic (exact) mass is 262 g/mol. The van der Waals surface area contributed by atoms with E-state index in [2.05, 4.69) is 13.8 Å². The first-order valence-electron chi connectivity index (χ1n) is 7.29. The fraction of sp³-hybridized carbons (Fsp3) is 0.562. The molecule has 19 heavy (non-hydrogen) atoms. The molecule has 0 heterocycles. The summed E-state index contributed by atoms with van der Waals surface area (Å²) in [7, 11) is 0. The molecule has 3 heteroatoms. The summed E-state index contributed by atoms with van der Waals surface area (Å²) in [5.74, 6) is 0.262. The molecular formula is C16H26N2O. The lowest BCUT2D eigenvalue weighted by atomic mass is 10.1. The van der Waals surface area contributed by atoms with E-state index in [0.29, 0.717) is 13.0 Å². The number of carbonyl (C=O) groups is 1. The standard InChI is InChI=1S/C16H26N2O/c1-3-5-6-10-16(19)18(11-4-2)13-14-8-7-9-15(17)12-14/h7-9,12H,3-6,10-11,13,17H2,1-2H3. The van der Waals surface area contributed by atoms with E-state index in [-0.39, 0.29) is 5.91 Å². The molecule has 0 bridgehead atoms. The van der Waals surface area contributed by atoms with Crippen molar-refractivity contribution in [2.24, 2.45) is 0 Å². The maximum Gasteiger partial charge on any atom is 0.222 e.